The van der Waals surface area contributed by atoms with Crippen molar-refractivity contribution >= 4 is 51.8 Å². The van der Waals surface area contributed by atoms with E-state index in [0.29, 0.717) is 39.8 Å². The topological polar surface area (TPSA) is 99.6 Å². The van der Waals surface area contributed by atoms with Crippen molar-refractivity contribution in [2.24, 2.45) is 11.8 Å². The van der Waals surface area contributed by atoms with E-state index in [9.17, 15) is 32.7 Å². The van der Waals surface area contributed by atoms with E-state index in [2.05, 4.69) is 10.3 Å². The molecular formula is C25H24F3N3O4S2. The first-order valence-corrected chi connectivity index (χ1v) is 13.3. The average molecular weight is 552 g/mol. The Morgan fingerprint density at radius 1 is 1.14 bits per heavy atom. The molecule has 2 aromatic heterocycles. The van der Waals surface area contributed by atoms with E-state index in [-0.39, 0.29) is 22.2 Å². The zero-order valence-electron chi connectivity index (χ0n) is 19.7. The number of carbonyl (C=O) groups is 3. The summed E-state index contributed by atoms with van der Waals surface area (Å²) in [7, 11) is 0. The summed E-state index contributed by atoms with van der Waals surface area (Å²) in [5.41, 5.74) is 2.56. The number of aromatic carboxylic acids is 1. The SMILES string of the molecule is C[C@H]1CC[C@H](C(=O)N(CC(F)(F)F)c2cc(-c3ccc(NC(=O)c4cscn4)cc3)sc2C(=O)O)CC1. The maximum Gasteiger partial charge on any atom is 0.406 e. The molecule has 12 heteroatoms. The Morgan fingerprint density at radius 3 is 2.38 bits per heavy atom. The molecule has 0 bridgehead atoms. The number of amides is 2. The molecule has 3 aromatic rings. The molecule has 0 radical (unpaired) electrons. The van der Waals surface area contributed by atoms with Gasteiger partial charge in [-0.05, 0) is 55.4 Å². The molecule has 0 saturated heterocycles. The lowest BCUT2D eigenvalue weighted by Crippen LogP contribution is -2.43. The molecule has 1 fully saturated rings. The maximum absolute atomic E-state index is 13.5. The number of aromatic nitrogens is 1. The predicted molar refractivity (Wildman–Crippen MR) is 136 cm³/mol. The number of alkyl halides is 3. The number of carbonyl (C=O) groups excluding carboxylic acids is 2. The van der Waals surface area contributed by atoms with E-state index in [1.165, 1.54) is 22.9 Å². The molecule has 0 unspecified atom stereocenters. The van der Waals surface area contributed by atoms with Crippen molar-refractivity contribution in [3.8, 4) is 10.4 Å². The number of thiazole rings is 1. The van der Waals surface area contributed by atoms with Crippen molar-refractivity contribution in [3.05, 3.63) is 51.8 Å². The number of benzene rings is 1. The van der Waals surface area contributed by atoms with Crippen molar-refractivity contribution in [1.29, 1.82) is 0 Å². The first kappa shape index (κ1) is 26.8. The quantitative estimate of drug-likeness (QED) is 0.347. The lowest BCUT2D eigenvalue weighted by molar-refractivity contribution is -0.135. The largest absolute Gasteiger partial charge is 0.477 e. The third kappa shape index (κ3) is 6.55. The molecule has 2 amide bonds. The van der Waals surface area contributed by atoms with Gasteiger partial charge in [0.2, 0.25) is 5.91 Å². The second-order valence-electron chi connectivity index (χ2n) is 9.03. The minimum absolute atomic E-state index is 0.255. The van der Waals surface area contributed by atoms with E-state index < -0.39 is 30.5 Å². The maximum atomic E-state index is 13.5. The summed E-state index contributed by atoms with van der Waals surface area (Å²) in [5.74, 6) is -2.67. The van der Waals surface area contributed by atoms with Crippen LogP contribution in [0.15, 0.2) is 41.2 Å². The Hall–Kier alpha value is -3.25. The van der Waals surface area contributed by atoms with Crippen LogP contribution in [-0.4, -0.2) is 40.6 Å². The van der Waals surface area contributed by atoms with Gasteiger partial charge in [0.25, 0.3) is 5.91 Å². The Balaban J connectivity index is 1.62. The van der Waals surface area contributed by atoms with E-state index in [4.69, 9.17) is 0 Å². The third-order valence-electron chi connectivity index (χ3n) is 6.26. The fourth-order valence-electron chi connectivity index (χ4n) is 4.30. The fraction of sp³-hybridized carbons (Fsp3) is 0.360. The molecule has 1 aliphatic rings. The Kier molecular flexibility index (Phi) is 7.98. The van der Waals surface area contributed by atoms with Crippen molar-refractivity contribution in [1.82, 2.24) is 4.98 Å². The summed E-state index contributed by atoms with van der Waals surface area (Å²) < 4.78 is 40.6. The standard InChI is InChI=1S/C25H24F3N3O4S2/c1-14-2-4-16(5-3-14)23(33)31(12-25(26,27)28)19-10-20(37-21(19)24(34)35)15-6-8-17(9-7-15)30-22(32)18-11-36-13-29-18/h6-11,13-14,16H,2-5,12H2,1H3,(H,30,32)(H,34,35)/t14-,16-. The first-order chi connectivity index (χ1) is 17.5. The van der Waals surface area contributed by atoms with Crippen molar-refractivity contribution in [3.63, 3.8) is 0 Å². The predicted octanol–water partition coefficient (Wildman–Crippen LogP) is 6.54. The van der Waals surface area contributed by atoms with Gasteiger partial charge in [0.1, 0.15) is 17.1 Å². The van der Waals surface area contributed by atoms with Crippen LogP contribution >= 0.6 is 22.7 Å². The summed E-state index contributed by atoms with van der Waals surface area (Å²) in [4.78, 5) is 42.0. The number of rotatable bonds is 7. The van der Waals surface area contributed by atoms with E-state index in [1.54, 1.807) is 29.6 Å². The molecular weight excluding hydrogens is 527 g/mol. The van der Waals surface area contributed by atoms with Crippen LogP contribution in [0.2, 0.25) is 0 Å². The zero-order chi connectivity index (χ0) is 26.7. The van der Waals surface area contributed by atoms with Crippen LogP contribution in [0.1, 0.15) is 52.8 Å². The van der Waals surface area contributed by atoms with E-state index in [0.717, 1.165) is 24.2 Å². The minimum atomic E-state index is -4.70. The lowest BCUT2D eigenvalue weighted by atomic mass is 9.82. The molecule has 4 rings (SSSR count). The van der Waals surface area contributed by atoms with Crippen LogP contribution in [-0.2, 0) is 4.79 Å². The summed E-state index contributed by atoms with van der Waals surface area (Å²) in [6.07, 6.45) is -2.28. The zero-order valence-corrected chi connectivity index (χ0v) is 21.4. The highest BCUT2D eigenvalue weighted by Crippen LogP contribution is 2.40. The molecule has 1 aliphatic carbocycles. The van der Waals surface area contributed by atoms with Gasteiger partial charge in [-0.1, -0.05) is 19.1 Å². The normalized spacial score (nSPS) is 17.8. The molecule has 0 aliphatic heterocycles. The molecule has 0 spiro atoms. The number of nitrogens with zero attached hydrogens (tertiary/aromatic N) is 2. The molecule has 196 valence electrons. The molecule has 7 nitrogen and oxygen atoms in total. The van der Waals surface area contributed by atoms with Gasteiger partial charge in [0.15, 0.2) is 0 Å². The second kappa shape index (κ2) is 11.0. The van der Waals surface area contributed by atoms with Crippen LogP contribution in [0.3, 0.4) is 0 Å². The second-order valence-corrected chi connectivity index (χ2v) is 10.8. The monoisotopic (exact) mass is 551 g/mol. The van der Waals surface area contributed by atoms with Crippen LogP contribution in [0.25, 0.3) is 10.4 Å². The molecule has 1 aromatic carbocycles. The summed E-state index contributed by atoms with van der Waals surface area (Å²) in [5, 5.41) is 14.1. The van der Waals surface area contributed by atoms with Gasteiger partial charge >= 0.3 is 12.1 Å². The summed E-state index contributed by atoms with van der Waals surface area (Å²) >= 11 is 2.08. The molecule has 2 N–H and O–H groups in total. The van der Waals surface area contributed by atoms with Crippen LogP contribution in [0.4, 0.5) is 24.5 Å². The van der Waals surface area contributed by atoms with Crippen LogP contribution in [0, 0.1) is 11.8 Å². The highest BCUT2D eigenvalue weighted by atomic mass is 32.1. The van der Waals surface area contributed by atoms with E-state index >= 15 is 0 Å². The Labute approximate surface area is 219 Å². The van der Waals surface area contributed by atoms with Gasteiger partial charge < -0.3 is 15.3 Å². The number of carboxylic acid groups (broad SMARTS) is 1. The number of nitrogens with one attached hydrogen (secondary N) is 1. The number of anilines is 2. The minimum Gasteiger partial charge on any atom is -0.477 e. The first-order valence-electron chi connectivity index (χ1n) is 11.6. The molecule has 0 atom stereocenters. The number of hydrogen-bond donors (Lipinski definition) is 2. The van der Waals surface area contributed by atoms with Gasteiger partial charge in [0, 0.05) is 21.9 Å². The third-order valence-corrected chi connectivity index (χ3v) is 8.01. The van der Waals surface area contributed by atoms with Gasteiger partial charge in [-0.2, -0.15) is 13.2 Å². The fourth-order valence-corrected chi connectivity index (χ4v) is 5.84. The van der Waals surface area contributed by atoms with Crippen LogP contribution < -0.4 is 10.2 Å². The highest BCUT2D eigenvalue weighted by molar-refractivity contribution is 7.18. The van der Waals surface area contributed by atoms with Gasteiger partial charge in [0.05, 0.1) is 11.2 Å². The van der Waals surface area contributed by atoms with Gasteiger partial charge in [-0.15, -0.1) is 22.7 Å². The molecule has 37 heavy (non-hydrogen) atoms. The molecule has 1 saturated carbocycles. The summed E-state index contributed by atoms with van der Waals surface area (Å²) in [6.45, 7) is 0.480. The number of carboxylic acids is 1. The lowest BCUT2D eigenvalue weighted by Gasteiger charge is -2.31. The van der Waals surface area contributed by atoms with Gasteiger partial charge in [-0.3, -0.25) is 9.59 Å². The number of thiophene rings is 1. The van der Waals surface area contributed by atoms with E-state index in [1.807, 2.05) is 6.92 Å². The van der Waals surface area contributed by atoms with Crippen molar-refractivity contribution in [2.75, 3.05) is 16.8 Å². The molecule has 2 heterocycles. The average Bonchev–Trinajstić information content (AvgIpc) is 3.53. The smallest absolute Gasteiger partial charge is 0.406 e. The van der Waals surface area contributed by atoms with Crippen molar-refractivity contribution < 1.29 is 32.7 Å². The van der Waals surface area contributed by atoms with Crippen LogP contribution in [0.5, 0.6) is 0 Å². The van der Waals surface area contributed by atoms with Gasteiger partial charge in [-0.25, -0.2) is 9.78 Å². The Morgan fingerprint density at radius 2 is 1.81 bits per heavy atom. The Bertz CT molecular complexity index is 1270. The number of halogens is 3. The highest BCUT2D eigenvalue weighted by Gasteiger charge is 2.39. The number of hydrogen-bond acceptors (Lipinski definition) is 6. The van der Waals surface area contributed by atoms with Crippen molar-refractivity contribution in [2.45, 2.75) is 38.8 Å². The summed E-state index contributed by atoms with van der Waals surface area (Å²) in [6, 6.07) is 7.77.